The van der Waals surface area contributed by atoms with E-state index in [1.165, 1.54) is 0 Å². The number of carbonyl (C=O) groups is 2. The van der Waals surface area contributed by atoms with E-state index in [2.05, 4.69) is 0 Å². The van der Waals surface area contributed by atoms with Crippen molar-refractivity contribution < 1.29 is 19.1 Å². The highest BCUT2D eigenvalue weighted by atomic mass is 35.5. The van der Waals surface area contributed by atoms with Gasteiger partial charge >= 0.3 is 0 Å². The molecule has 1 fully saturated rings. The zero-order valence-corrected chi connectivity index (χ0v) is 17.2. The molecule has 1 aliphatic heterocycles. The van der Waals surface area contributed by atoms with Crippen molar-refractivity contribution in [2.45, 2.75) is 0 Å². The minimum atomic E-state index is -0.421. The van der Waals surface area contributed by atoms with E-state index in [1.807, 2.05) is 30.3 Å². The molecule has 146 valence electrons. The molecular weight excluding hydrogens is 410 g/mol. The Morgan fingerprint density at radius 1 is 1.00 bits per heavy atom. The number of anilines is 1. The molecule has 0 aromatic heterocycles. The van der Waals surface area contributed by atoms with Crippen LogP contribution in [0.2, 0.25) is 5.02 Å². The second-order valence-electron chi connectivity index (χ2n) is 6.24. The first-order valence-electron chi connectivity index (χ1n) is 8.70. The molecular formula is C22H16ClNO4S. The summed E-state index contributed by atoms with van der Waals surface area (Å²) in [6.07, 6.45) is 1.68. The maximum absolute atomic E-state index is 13.0. The number of thioether (sulfide) groups is 1. The number of imide groups is 1. The maximum atomic E-state index is 13.0. The monoisotopic (exact) mass is 425 g/mol. The van der Waals surface area contributed by atoms with Crippen molar-refractivity contribution in [1.29, 1.82) is 0 Å². The molecule has 0 saturated carbocycles. The molecule has 29 heavy (non-hydrogen) atoms. The van der Waals surface area contributed by atoms with Gasteiger partial charge in [0.15, 0.2) is 0 Å². The van der Waals surface area contributed by atoms with Gasteiger partial charge in [0.25, 0.3) is 11.1 Å². The summed E-state index contributed by atoms with van der Waals surface area (Å²) in [6, 6.07) is 16.2. The number of hydrogen-bond donors (Lipinski definition) is 0. The lowest BCUT2D eigenvalue weighted by molar-refractivity contribution is -0.113. The molecule has 2 amide bonds. The molecule has 3 aromatic carbocycles. The van der Waals surface area contributed by atoms with Gasteiger partial charge in [-0.05, 0) is 58.9 Å². The highest BCUT2D eigenvalue weighted by Crippen LogP contribution is 2.40. The Morgan fingerprint density at radius 2 is 1.76 bits per heavy atom. The Balaban J connectivity index is 1.84. The summed E-state index contributed by atoms with van der Waals surface area (Å²) in [5.41, 5.74) is 1.07. The Bertz CT molecular complexity index is 1170. The number of methoxy groups -OCH3 is 2. The second kappa shape index (κ2) is 7.81. The third-order valence-corrected chi connectivity index (χ3v) is 5.80. The first-order valence-corrected chi connectivity index (χ1v) is 9.90. The van der Waals surface area contributed by atoms with Gasteiger partial charge in [0.1, 0.15) is 11.5 Å². The first-order chi connectivity index (χ1) is 14.0. The number of para-hydroxylation sites is 1. The Labute approximate surface area is 176 Å². The number of hydrogen-bond acceptors (Lipinski definition) is 5. The van der Waals surface area contributed by atoms with E-state index >= 15 is 0 Å². The zero-order chi connectivity index (χ0) is 20.5. The summed E-state index contributed by atoms with van der Waals surface area (Å²) in [5, 5.41) is 1.76. The highest BCUT2D eigenvalue weighted by Gasteiger charge is 2.37. The third-order valence-electron chi connectivity index (χ3n) is 4.61. The second-order valence-corrected chi connectivity index (χ2v) is 7.64. The van der Waals surface area contributed by atoms with Crippen LogP contribution in [0.3, 0.4) is 0 Å². The highest BCUT2D eigenvalue weighted by molar-refractivity contribution is 8.19. The molecule has 0 radical (unpaired) electrons. The number of nitrogens with zero attached hydrogens (tertiary/aromatic N) is 1. The van der Waals surface area contributed by atoms with Gasteiger partial charge in [-0.25, -0.2) is 4.90 Å². The number of ether oxygens (including phenoxy) is 2. The number of halogens is 1. The summed E-state index contributed by atoms with van der Waals surface area (Å²) in [7, 11) is 3.16. The topological polar surface area (TPSA) is 55.8 Å². The molecule has 0 spiro atoms. The van der Waals surface area contributed by atoms with E-state index in [1.54, 1.807) is 44.6 Å². The molecule has 0 atom stereocenters. The maximum Gasteiger partial charge on any atom is 0.298 e. The lowest BCUT2D eigenvalue weighted by Crippen LogP contribution is -2.27. The van der Waals surface area contributed by atoms with Crippen LogP contribution in [0.25, 0.3) is 16.8 Å². The summed E-state index contributed by atoms with van der Waals surface area (Å²) in [5.74, 6) is 0.856. The van der Waals surface area contributed by atoms with Crippen LogP contribution in [0.5, 0.6) is 11.5 Å². The number of carbonyl (C=O) groups excluding carboxylic acids is 2. The van der Waals surface area contributed by atoms with E-state index in [-0.39, 0.29) is 0 Å². The lowest BCUT2D eigenvalue weighted by Gasteiger charge is -2.14. The minimum absolute atomic E-state index is 0.295. The molecule has 1 heterocycles. The van der Waals surface area contributed by atoms with Crippen LogP contribution in [0, 0.1) is 0 Å². The van der Waals surface area contributed by atoms with Crippen LogP contribution in [-0.4, -0.2) is 25.4 Å². The van der Waals surface area contributed by atoms with E-state index in [0.29, 0.717) is 32.7 Å². The molecule has 0 unspecified atom stereocenters. The molecule has 1 aliphatic rings. The van der Waals surface area contributed by atoms with Crippen molar-refractivity contribution in [1.82, 2.24) is 0 Å². The van der Waals surface area contributed by atoms with Gasteiger partial charge in [-0.3, -0.25) is 9.59 Å². The van der Waals surface area contributed by atoms with E-state index in [0.717, 1.165) is 27.4 Å². The normalized spacial score (nSPS) is 15.4. The van der Waals surface area contributed by atoms with Crippen LogP contribution >= 0.6 is 23.4 Å². The average Bonchev–Trinajstić information content (AvgIpc) is 3.01. The summed E-state index contributed by atoms with van der Waals surface area (Å²) < 4.78 is 10.8. The number of amides is 2. The van der Waals surface area contributed by atoms with Gasteiger partial charge in [-0.2, -0.15) is 0 Å². The van der Waals surface area contributed by atoms with E-state index in [9.17, 15) is 9.59 Å². The first kappa shape index (κ1) is 19.4. The average molecular weight is 426 g/mol. The number of rotatable bonds is 4. The van der Waals surface area contributed by atoms with Crippen LogP contribution in [0.1, 0.15) is 5.56 Å². The fourth-order valence-electron chi connectivity index (χ4n) is 3.20. The molecule has 0 bridgehead atoms. The molecule has 5 nitrogen and oxygen atoms in total. The van der Waals surface area contributed by atoms with Crippen molar-refractivity contribution in [2.75, 3.05) is 19.1 Å². The SMILES string of the molecule is COc1ccc2ccc(OC)c(/C=C3\SC(=O)N(c4ccccc4Cl)C3=O)c2c1. The molecule has 7 heteroatoms. The molecule has 0 N–H and O–H groups in total. The smallest absolute Gasteiger partial charge is 0.298 e. The van der Waals surface area contributed by atoms with Crippen molar-refractivity contribution in [3.05, 3.63) is 70.1 Å². The number of fused-ring (bicyclic) bond motifs is 1. The van der Waals surface area contributed by atoms with E-state index < -0.39 is 11.1 Å². The van der Waals surface area contributed by atoms with Crippen molar-refractivity contribution in [2.24, 2.45) is 0 Å². The largest absolute Gasteiger partial charge is 0.497 e. The van der Waals surface area contributed by atoms with Gasteiger partial charge in [0.2, 0.25) is 0 Å². The summed E-state index contributed by atoms with van der Waals surface area (Å²) in [4.78, 5) is 27.0. The van der Waals surface area contributed by atoms with Gasteiger partial charge in [-0.15, -0.1) is 0 Å². The molecule has 4 rings (SSSR count). The van der Waals surface area contributed by atoms with Gasteiger partial charge in [0, 0.05) is 5.56 Å². The molecule has 3 aromatic rings. The quantitative estimate of drug-likeness (QED) is 0.498. The minimum Gasteiger partial charge on any atom is -0.497 e. The summed E-state index contributed by atoms with van der Waals surface area (Å²) >= 11 is 7.06. The van der Waals surface area contributed by atoms with Gasteiger partial charge < -0.3 is 9.47 Å². The fourth-order valence-corrected chi connectivity index (χ4v) is 4.23. The van der Waals surface area contributed by atoms with Crippen LogP contribution in [0.15, 0.2) is 59.5 Å². The predicted molar refractivity (Wildman–Crippen MR) is 117 cm³/mol. The Kier molecular flexibility index (Phi) is 5.22. The third kappa shape index (κ3) is 3.45. The van der Waals surface area contributed by atoms with Crippen LogP contribution in [-0.2, 0) is 4.79 Å². The molecule has 1 saturated heterocycles. The van der Waals surface area contributed by atoms with Crippen LogP contribution in [0.4, 0.5) is 10.5 Å². The predicted octanol–water partition coefficient (Wildman–Crippen LogP) is 5.75. The summed E-state index contributed by atoms with van der Waals surface area (Å²) in [6.45, 7) is 0. The van der Waals surface area contributed by atoms with E-state index in [4.69, 9.17) is 21.1 Å². The van der Waals surface area contributed by atoms with Crippen molar-refractivity contribution >= 4 is 57.0 Å². The van der Waals surface area contributed by atoms with Crippen LogP contribution < -0.4 is 14.4 Å². The van der Waals surface area contributed by atoms with Crippen molar-refractivity contribution in [3.8, 4) is 11.5 Å². The Hall–Kier alpha value is -2.96. The standard InChI is InChI=1S/C22H16ClNO4S/c1-27-14-9-7-13-8-10-19(28-2)16(15(13)11-14)12-20-21(25)24(22(26)29-20)18-6-4-3-5-17(18)23/h3-12H,1-2H3/b20-12-. The zero-order valence-electron chi connectivity index (χ0n) is 15.6. The Morgan fingerprint density at radius 3 is 2.48 bits per heavy atom. The van der Waals surface area contributed by atoms with Gasteiger partial charge in [-0.1, -0.05) is 35.9 Å². The molecule has 0 aliphatic carbocycles. The fraction of sp³-hybridized carbons (Fsp3) is 0.0909. The van der Waals surface area contributed by atoms with Crippen molar-refractivity contribution in [3.63, 3.8) is 0 Å². The lowest BCUT2D eigenvalue weighted by atomic mass is 10.0. The van der Waals surface area contributed by atoms with Gasteiger partial charge in [0.05, 0.1) is 29.8 Å². The number of benzene rings is 3.